The zero-order chi connectivity index (χ0) is 6.57. The first kappa shape index (κ1) is 7.92. The molecule has 0 aromatic heterocycles. The van der Waals surface area contributed by atoms with Crippen molar-refractivity contribution in [2.75, 3.05) is 13.7 Å². The molecule has 0 N–H and O–H groups in total. The fourth-order valence-corrected chi connectivity index (χ4v) is 0.353. The van der Waals surface area contributed by atoms with E-state index in [2.05, 4.69) is 13.8 Å². The summed E-state index contributed by atoms with van der Waals surface area (Å²) in [6.45, 7) is 6.93. The molecule has 2 nitrogen and oxygen atoms in total. The van der Waals surface area contributed by atoms with Crippen LogP contribution in [0.1, 0.15) is 20.8 Å². The number of nitrogens with zero attached hydrogens (tertiary/aromatic N) is 1. The van der Waals surface area contributed by atoms with Crippen LogP contribution in [-0.4, -0.2) is 24.8 Å². The maximum atomic E-state index is 5.14. The van der Waals surface area contributed by atoms with E-state index in [1.54, 1.807) is 0 Å². The highest BCUT2D eigenvalue weighted by Gasteiger charge is 1.99. The SMILES string of the molecule is CCON(C)C(C)C. The molecular formula is C6H15NO. The number of hydroxylamine groups is 2. The molecular weight excluding hydrogens is 102 g/mol. The van der Waals surface area contributed by atoms with Crippen molar-refractivity contribution < 1.29 is 4.84 Å². The van der Waals surface area contributed by atoms with Gasteiger partial charge in [-0.2, -0.15) is 5.06 Å². The summed E-state index contributed by atoms with van der Waals surface area (Å²) in [5.41, 5.74) is 0. The first-order valence-corrected chi connectivity index (χ1v) is 3.04. The summed E-state index contributed by atoms with van der Waals surface area (Å²) in [6, 6.07) is 0.481. The van der Waals surface area contributed by atoms with Crippen LogP contribution in [-0.2, 0) is 4.84 Å². The highest BCUT2D eigenvalue weighted by molar-refractivity contribution is 4.42. The van der Waals surface area contributed by atoms with Gasteiger partial charge in [0.2, 0.25) is 0 Å². The van der Waals surface area contributed by atoms with Crippen LogP contribution < -0.4 is 0 Å². The predicted molar refractivity (Wildman–Crippen MR) is 34.5 cm³/mol. The van der Waals surface area contributed by atoms with Gasteiger partial charge in [-0.25, -0.2) is 0 Å². The van der Waals surface area contributed by atoms with Crippen LogP contribution in [0.2, 0.25) is 0 Å². The van der Waals surface area contributed by atoms with E-state index in [4.69, 9.17) is 4.84 Å². The van der Waals surface area contributed by atoms with Gasteiger partial charge < -0.3 is 0 Å². The molecule has 0 unspecified atom stereocenters. The van der Waals surface area contributed by atoms with E-state index in [-0.39, 0.29) is 0 Å². The van der Waals surface area contributed by atoms with Gasteiger partial charge in [0, 0.05) is 13.1 Å². The van der Waals surface area contributed by atoms with Gasteiger partial charge in [0.05, 0.1) is 6.61 Å². The van der Waals surface area contributed by atoms with Gasteiger partial charge in [0.1, 0.15) is 0 Å². The molecule has 0 aromatic carbocycles. The Morgan fingerprint density at radius 1 is 1.50 bits per heavy atom. The van der Waals surface area contributed by atoms with Crippen LogP contribution in [0.4, 0.5) is 0 Å². The van der Waals surface area contributed by atoms with Crippen LogP contribution in [0.25, 0.3) is 0 Å². The molecule has 0 fully saturated rings. The monoisotopic (exact) mass is 117 g/mol. The molecule has 0 spiro atoms. The highest BCUT2D eigenvalue weighted by atomic mass is 16.7. The van der Waals surface area contributed by atoms with Crippen molar-refractivity contribution in [2.45, 2.75) is 26.8 Å². The zero-order valence-electron chi connectivity index (χ0n) is 6.14. The summed E-state index contributed by atoms with van der Waals surface area (Å²) in [5, 5.41) is 1.85. The smallest absolute Gasteiger partial charge is 0.0656 e. The second-order valence-electron chi connectivity index (χ2n) is 2.06. The normalized spacial score (nSPS) is 11.2. The standard InChI is InChI=1S/C6H15NO/c1-5-8-7(4)6(2)3/h6H,5H2,1-4H3. The molecule has 2 heteroatoms. The van der Waals surface area contributed by atoms with E-state index in [1.165, 1.54) is 0 Å². The molecule has 0 amide bonds. The van der Waals surface area contributed by atoms with E-state index in [0.29, 0.717) is 6.04 Å². The van der Waals surface area contributed by atoms with Gasteiger partial charge in [0.15, 0.2) is 0 Å². The van der Waals surface area contributed by atoms with E-state index in [1.807, 2.05) is 19.0 Å². The molecule has 0 saturated carbocycles. The average molecular weight is 117 g/mol. The van der Waals surface area contributed by atoms with E-state index < -0.39 is 0 Å². The van der Waals surface area contributed by atoms with Crippen LogP contribution in [0.5, 0.6) is 0 Å². The summed E-state index contributed by atoms with van der Waals surface area (Å²) < 4.78 is 0. The quantitative estimate of drug-likeness (QED) is 0.516. The fraction of sp³-hybridized carbons (Fsp3) is 1.00. The summed E-state index contributed by atoms with van der Waals surface area (Å²) in [6.07, 6.45) is 0. The summed E-state index contributed by atoms with van der Waals surface area (Å²) >= 11 is 0. The Kier molecular flexibility index (Phi) is 3.83. The van der Waals surface area contributed by atoms with Crippen molar-refractivity contribution in [3.05, 3.63) is 0 Å². The first-order valence-electron chi connectivity index (χ1n) is 3.04. The zero-order valence-corrected chi connectivity index (χ0v) is 6.14. The molecule has 0 aliphatic carbocycles. The second kappa shape index (κ2) is 3.87. The second-order valence-corrected chi connectivity index (χ2v) is 2.06. The predicted octanol–water partition coefficient (Wildman–Crippen LogP) is 1.28. The van der Waals surface area contributed by atoms with Crippen molar-refractivity contribution in [1.29, 1.82) is 0 Å². The third-order valence-corrected chi connectivity index (χ3v) is 1.06. The van der Waals surface area contributed by atoms with Crippen LogP contribution in [0.3, 0.4) is 0 Å². The molecule has 0 aromatic rings. The molecule has 0 heterocycles. The Morgan fingerprint density at radius 2 is 2.00 bits per heavy atom. The number of hydrogen-bond donors (Lipinski definition) is 0. The lowest BCUT2D eigenvalue weighted by atomic mass is 10.4. The topological polar surface area (TPSA) is 12.5 Å². The first-order chi connectivity index (χ1) is 3.68. The minimum atomic E-state index is 0.481. The molecule has 0 aliphatic rings. The van der Waals surface area contributed by atoms with Crippen molar-refractivity contribution in [2.24, 2.45) is 0 Å². The number of rotatable bonds is 3. The van der Waals surface area contributed by atoms with Crippen molar-refractivity contribution in [3.63, 3.8) is 0 Å². The molecule has 0 saturated heterocycles. The van der Waals surface area contributed by atoms with Gasteiger partial charge in [-0.15, -0.1) is 0 Å². The van der Waals surface area contributed by atoms with Crippen molar-refractivity contribution in [3.8, 4) is 0 Å². The van der Waals surface area contributed by atoms with Crippen molar-refractivity contribution in [1.82, 2.24) is 5.06 Å². The van der Waals surface area contributed by atoms with Gasteiger partial charge in [-0.1, -0.05) is 0 Å². The summed E-state index contributed by atoms with van der Waals surface area (Å²) in [5.74, 6) is 0. The maximum Gasteiger partial charge on any atom is 0.0656 e. The van der Waals surface area contributed by atoms with E-state index in [0.717, 1.165) is 6.61 Å². The van der Waals surface area contributed by atoms with Crippen LogP contribution >= 0.6 is 0 Å². The Hall–Kier alpha value is -0.0800. The molecule has 0 atom stereocenters. The third-order valence-electron chi connectivity index (χ3n) is 1.06. The molecule has 8 heavy (non-hydrogen) atoms. The van der Waals surface area contributed by atoms with E-state index in [9.17, 15) is 0 Å². The van der Waals surface area contributed by atoms with E-state index >= 15 is 0 Å². The minimum Gasteiger partial charge on any atom is -0.299 e. The van der Waals surface area contributed by atoms with Crippen LogP contribution in [0.15, 0.2) is 0 Å². The molecule has 0 rings (SSSR count). The minimum absolute atomic E-state index is 0.481. The fourth-order valence-electron chi connectivity index (χ4n) is 0.353. The Labute approximate surface area is 51.4 Å². The highest BCUT2D eigenvalue weighted by Crippen LogP contribution is 1.92. The summed E-state index contributed by atoms with van der Waals surface area (Å²) in [7, 11) is 1.94. The third kappa shape index (κ3) is 2.99. The summed E-state index contributed by atoms with van der Waals surface area (Å²) in [4.78, 5) is 5.14. The lowest BCUT2D eigenvalue weighted by Crippen LogP contribution is -2.26. The van der Waals surface area contributed by atoms with Gasteiger partial charge in [-0.05, 0) is 20.8 Å². The number of hydrogen-bond acceptors (Lipinski definition) is 2. The Balaban J connectivity index is 3.17. The average Bonchev–Trinajstić information content (AvgIpc) is 1.67. The Bertz CT molecular complexity index is 54.5. The lowest BCUT2D eigenvalue weighted by molar-refractivity contribution is -0.155. The largest absolute Gasteiger partial charge is 0.299 e. The molecule has 0 radical (unpaired) electrons. The Morgan fingerprint density at radius 3 is 2.12 bits per heavy atom. The van der Waals surface area contributed by atoms with Gasteiger partial charge in [-0.3, -0.25) is 4.84 Å². The molecule has 0 bridgehead atoms. The van der Waals surface area contributed by atoms with Crippen LogP contribution in [0, 0.1) is 0 Å². The van der Waals surface area contributed by atoms with Gasteiger partial charge in [0.25, 0.3) is 0 Å². The lowest BCUT2D eigenvalue weighted by Gasteiger charge is -2.18. The molecule has 50 valence electrons. The maximum absolute atomic E-state index is 5.14. The van der Waals surface area contributed by atoms with Gasteiger partial charge >= 0.3 is 0 Å². The van der Waals surface area contributed by atoms with Crippen molar-refractivity contribution >= 4 is 0 Å². The molecule has 0 aliphatic heterocycles.